The molecular weight excluding hydrogens is 298 g/mol. The summed E-state index contributed by atoms with van der Waals surface area (Å²) >= 11 is 12.8. The molecule has 2 aromatic rings. The second-order valence-corrected chi connectivity index (χ2v) is 6.35. The second kappa shape index (κ2) is 5.86. The van der Waals surface area contributed by atoms with Crippen molar-refractivity contribution in [2.75, 3.05) is 5.32 Å². The van der Waals surface area contributed by atoms with E-state index >= 15 is 0 Å². The van der Waals surface area contributed by atoms with E-state index in [-0.39, 0.29) is 6.04 Å². The molecule has 0 radical (unpaired) electrons. The normalized spacial score (nSPS) is 12.2. The van der Waals surface area contributed by atoms with Crippen LogP contribution < -0.4 is 11.1 Å². The summed E-state index contributed by atoms with van der Waals surface area (Å²) in [6.45, 7) is 4.09. The van der Waals surface area contributed by atoms with Crippen LogP contribution in [-0.4, -0.2) is 9.97 Å². The minimum Gasteiger partial charge on any atom is -0.389 e. The van der Waals surface area contributed by atoms with Crippen molar-refractivity contribution < 1.29 is 0 Å². The number of rotatable bonds is 4. The molecule has 19 heavy (non-hydrogen) atoms. The van der Waals surface area contributed by atoms with Crippen LogP contribution in [0.15, 0.2) is 24.4 Å². The molecule has 6 heteroatoms. The fourth-order valence-electron chi connectivity index (χ4n) is 1.65. The van der Waals surface area contributed by atoms with Gasteiger partial charge >= 0.3 is 0 Å². The van der Waals surface area contributed by atoms with Gasteiger partial charge in [0.25, 0.3) is 0 Å². The molecule has 0 fully saturated rings. The number of benzene rings is 1. The molecule has 0 aliphatic carbocycles. The van der Waals surface area contributed by atoms with Gasteiger partial charge in [-0.2, -0.15) is 0 Å². The maximum Gasteiger partial charge on any atom is 0.115 e. The summed E-state index contributed by atoms with van der Waals surface area (Å²) in [5.41, 5.74) is 7.19. The quantitative estimate of drug-likeness (QED) is 0.841. The largest absolute Gasteiger partial charge is 0.389 e. The zero-order chi connectivity index (χ0) is 14.0. The van der Waals surface area contributed by atoms with E-state index in [0.717, 1.165) is 16.3 Å². The highest BCUT2D eigenvalue weighted by Crippen LogP contribution is 2.28. The summed E-state index contributed by atoms with van der Waals surface area (Å²) in [5.74, 6) is 0. The van der Waals surface area contributed by atoms with Gasteiger partial charge in [0.2, 0.25) is 0 Å². The number of aryl methyl sites for hydroxylation is 1. The first-order valence-corrected chi connectivity index (χ1v) is 7.36. The van der Waals surface area contributed by atoms with E-state index in [4.69, 9.17) is 29.6 Å². The van der Waals surface area contributed by atoms with Crippen molar-refractivity contribution in [1.82, 2.24) is 4.98 Å². The monoisotopic (exact) mass is 311 g/mol. The van der Waals surface area contributed by atoms with E-state index in [1.807, 2.05) is 25.3 Å². The Morgan fingerprint density at radius 1 is 1.53 bits per heavy atom. The molecular formula is C13H14ClN3S2. The Kier molecular flexibility index (Phi) is 4.39. The molecule has 1 atom stereocenters. The Bertz CT molecular complexity index is 610. The first-order valence-electron chi connectivity index (χ1n) is 5.75. The van der Waals surface area contributed by atoms with Crippen LogP contribution >= 0.6 is 35.2 Å². The van der Waals surface area contributed by atoms with Gasteiger partial charge in [0, 0.05) is 16.6 Å². The lowest BCUT2D eigenvalue weighted by molar-refractivity contribution is 0.870. The standard InChI is InChI=1S/C13H14ClN3S2/c1-7-6-16-13(19-7)8(2)17-11-4-3-9(12(15)18)5-10(11)14/h3-6,8,17H,1-2H3,(H2,15,18). The van der Waals surface area contributed by atoms with Gasteiger partial charge in [-0.1, -0.05) is 23.8 Å². The first kappa shape index (κ1) is 14.2. The van der Waals surface area contributed by atoms with E-state index in [1.165, 1.54) is 4.88 Å². The van der Waals surface area contributed by atoms with Crippen molar-refractivity contribution in [3.05, 3.63) is 44.9 Å². The van der Waals surface area contributed by atoms with Crippen LogP contribution in [0.4, 0.5) is 5.69 Å². The van der Waals surface area contributed by atoms with Gasteiger partial charge in [-0.25, -0.2) is 4.98 Å². The van der Waals surface area contributed by atoms with E-state index in [0.29, 0.717) is 10.0 Å². The van der Waals surface area contributed by atoms with Crippen molar-refractivity contribution >= 4 is 45.8 Å². The minimum atomic E-state index is 0.104. The maximum absolute atomic E-state index is 6.22. The van der Waals surface area contributed by atoms with E-state index in [9.17, 15) is 0 Å². The lowest BCUT2D eigenvalue weighted by atomic mass is 10.2. The maximum atomic E-state index is 6.22. The third kappa shape index (κ3) is 3.43. The number of thiazole rings is 1. The first-order chi connectivity index (χ1) is 8.97. The van der Waals surface area contributed by atoms with Gasteiger partial charge < -0.3 is 11.1 Å². The van der Waals surface area contributed by atoms with Crippen molar-refractivity contribution in [2.24, 2.45) is 5.73 Å². The lowest BCUT2D eigenvalue weighted by Gasteiger charge is -2.14. The molecule has 1 unspecified atom stereocenters. The van der Waals surface area contributed by atoms with Gasteiger partial charge in [0.15, 0.2) is 0 Å². The number of hydrogen-bond acceptors (Lipinski definition) is 4. The number of nitrogens with two attached hydrogens (primary N) is 1. The van der Waals surface area contributed by atoms with Crippen LogP contribution in [0.2, 0.25) is 5.02 Å². The third-order valence-electron chi connectivity index (χ3n) is 2.64. The molecule has 1 aromatic heterocycles. The van der Waals surface area contributed by atoms with Crippen molar-refractivity contribution in [1.29, 1.82) is 0 Å². The molecule has 0 aliphatic rings. The Balaban J connectivity index is 2.17. The SMILES string of the molecule is Cc1cnc(C(C)Nc2ccc(C(N)=S)cc2Cl)s1. The fraction of sp³-hybridized carbons (Fsp3) is 0.231. The van der Waals surface area contributed by atoms with Crippen LogP contribution in [0, 0.1) is 6.92 Å². The average molecular weight is 312 g/mol. The Morgan fingerprint density at radius 3 is 2.79 bits per heavy atom. The number of nitrogens with one attached hydrogen (secondary N) is 1. The summed E-state index contributed by atoms with van der Waals surface area (Å²) in [4.78, 5) is 5.90. The van der Waals surface area contributed by atoms with E-state index in [2.05, 4.69) is 17.2 Å². The van der Waals surface area contributed by atoms with Gasteiger partial charge in [0.05, 0.1) is 16.8 Å². The molecule has 0 bridgehead atoms. The smallest absolute Gasteiger partial charge is 0.115 e. The topological polar surface area (TPSA) is 50.9 Å². The van der Waals surface area contributed by atoms with Crippen molar-refractivity contribution in [3.63, 3.8) is 0 Å². The van der Waals surface area contributed by atoms with E-state index < -0.39 is 0 Å². The molecule has 1 aromatic carbocycles. The molecule has 3 nitrogen and oxygen atoms in total. The number of aromatic nitrogens is 1. The predicted octanol–water partition coefficient (Wildman–Crippen LogP) is 3.91. The van der Waals surface area contributed by atoms with Crippen molar-refractivity contribution in [2.45, 2.75) is 19.9 Å². The highest BCUT2D eigenvalue weighted by atomic mass is 35.5. The highest BCUT2D eigenvalue weighted by Gasteiger charge is 2.11. The summed E-state index contributed by atoms with van der Waals surface area (Å²) in [7, 11) is 0. The minimum absolute atomic E-state index is 0.104. The van der Waals surface area contributed by atoms with Crippen molar-refractivity contribution in [3.8, 4) is 0 Å². The molecule has 0 saturated carbocycles. The summed E-state index contributed by atoms with van der Waals surface area (Å²) in [6.07, 6.45) is 1.87. The second-order valence-electron chi connectivity index (χ2n) is 4.23. The molecule has 1 heterocycles. The Labute approximate surface area is 126 Å². The van der Waals surface area contributed by atoms with Crippen LogP contribution in [0.25, 0.3) is 0 Å². The average Bonchev–Trinajstić information content (AvgIpc) is 2.78. The molecule has 2 rings (SSSR count). The lowest BCUT2D eigenvalue weighted by Crippen LogP contribution is -2.10. The predicted molar refractivity (Wildman–Crippen MR) is 86.2 cm³/mol. The molecule has 100 valence electrons. The Morgan fingerprint density at radius 2 is 2.26 bits per heavy atom. The van der Waals surface area contributed by atoms with Crippen LogP contribution in [0.1, 0.15) is 28.4 Å². The summed E-state index contributed by atoms with van der Waals surface area (Å²) < 4.78 is 0. The molecule has 0 saturated heterocycles. The van der Waals surface area contributed by atoms with Gasteiger partial charge in [0.1, 0.15) is 10.00 Å². The fourth-order valence-corrected chi connectivity index (χ4v) is 2.79. The number of nitrogens with zero attached hydrogens (tertiary/aromatic N) is 1. The highest BCUT2D eigenvalue weighted by molar-refractivity contribution is 7.80. The number of halogens is 1. The van der Waals surface area contributed by atoms with Crippen LogP contribution in [-0.2, 0) is 0 Å². The number of anilines is 1. The Hall–Kier alpha value is -1.17. The third-order valence-corrected chi connectivity index (χ3v) is 4.28. The number of thiocarbonyl (C=S) groups is 1. The molecule has 3 N–H and O–H groups in total. The zero-order valence-corrected chi connectivity index (χ0v) is 13.0. The van der Waals surface area contributed by atoms with Gasteiger partial charge in [-0.15, -0.1) is 11.3 Å². The summed E-state index contributed by atoms with van der Waals surface area (Å²) in [5, 5.41) is 4.97. The number of hydrogen-bond donors (Lipinski definition) is 2. The zero-order valence-electron chi connectivity index (χ0n) is 10.6. The van der Waals surface area contributed by atoms with Gasteiger partial charge in [-0.05, 0) is 32.0 Å². The molecule has 0 spiro atoms. The molecule has 0 amide bonds. The van der Waals surface area contributed by atoms with Gasteiger partial charge in [-0.3, -0.25) is 0 Å². The van der Waals surface area contributed by atoms with Crippen LogP contribution in [0.3, 0.4) is 0 Å². The van der Waals surface area contributed by atoms with Crippen LogP contribution in [0.5, 0.6) is 0 Å². The molecule has 0 aliphatic heterocycles. The summed E-state index contributed by atoms with van der Waals surface area (Å²) in [6, 6.07) is 5.61. The van der Waals surface area contributed by atoms with E-state index in [1.54, 1.807) is 17.4 Å².